The molecule has 0 atom stereocenters. The van der Waals surface area contributed by atoms with Crippen LogP contribution in [0.3, 0.4) is 0 Å². The van der Waals surface area contributed by atoms with Gasteiger partial charge in [-0.15, -0.1) is 0 Å². The highest BCUT2D eigenvalue weighted by atomic mass is 32.1. The van der Waals surface area contributed by atoms with Crippen molar-refractivity contribution < 1.29 is 4.79 Å². The predicted octanol–water partition coefficient (Wildman–Crippen LogP) is 1.81. The van der Waals surface area contributed by atoms with Crippen molar-refractivity contribution in [2.75, 3.05) is 14.1 Å². The molecule has 0 spiro atoms. The summed E-state index contributed by atoms with van der Waals surface area (Å²) in [4.78, 5) is 27.4. The maximum Gasteiger partial charge on any atom is 0.255 e. The minimum absolute atomic E-state index is 0.123. The average Bonchev–Trinajstić information content (AvgIpc) is 2.81. The summed E-state index contributed by atoms with van der Waals surface area (Å²) in [6, 6.07) is 3.35. The fourth-order valence-electron chi connectivity index (χ4n) is 1.55. The van der Waals surface area contributed by atoms with E-state index in [-0.39, 0.29) is 11.5 Å². The number of aromatic amines is 1. The summed E-state index contributed by atoms with van der Waals surface area (Å²) in [7, 11) is 3.37. The van der Waals surface area contributed by atoms with E-state index < -0.39 is 0 Å². The minimum Gasteiger partial charge on any atom is -0.345 e. The summed E-state index contributed by atoms with van der Waals surface area (Å²) in [5.74, 6) is -0.123. The maximum atomic E-state index is 12.0. The summed E-state index contributed by atoms with van der Waals surface area (Å²) in [6.45, 7) is 0. The van der Waals surface area contributed by atoms with Crippen molar-refractivity contribution in [1.29, 1.82) is 0 Å². The smallest absolute Gasteiger partial charge is 0.255 e. The highest BCUT2D eigenvalue weighted by Gasteiger charge is 2.15. The van der Waals surface area contributed by atoms with Crippen molar-refractivity contribution in [3.8, 4) is 11.1 Å². The minimum atomic E-state index is -0.207. The second kappa shape index (κ2) is 4.55. The first-order chi connectivity index (χ1) is 8.09. The van der Waals surface area contributed by atoms with Crippen molar-refractivity contribution in [3.05, 3.63) is 45.0 Å². The number of thiophene rings is 1. The zero-order chi connectivity index (χ0) is 12.4. The van der Waals surface area contributed by atoms with Gasteiger partial charge >= 0.3 is 0 Å². The van der Waals surface area contributed by atoms with Crippen molar-refractivity contribution in [2.24, 2.45) is 0 Å². The largest absolute Gasteiger partial charge is 0.345 e. The molecule has 0 saturated carbocycles. The zero-order valence-corrected chi connectivity index (χ0v) is 10.4. The number of aromatic nitrogens is 1. The molecule has 2 heterocycles. The van der Waals surface area contributed by atoms with E-state index in [2.05, 4.69) is 4.98 Å². The Hall–Kier alpha value is -1.88. The van der Waals surface area contributed by atoms with Gasteiger partial charge in [0.2, 0.25) is 5.56 Å². The lowest BCUT2D eigenvalue weighted by Crippen LogP contribution is -2.23. The van der Waals surface area contributed by atoms with Gasteiger partial charge in [0.1, 0.15) is 0 Å². The van der Waals surface area contributed by atoms with Crippen LogP contribution in [0.5, 0.6) is 0 Å². The summed E-state index contributed by atoms with van der Waals surface area (Å²) in [5, 5.41) is 3.83. The van der Waals surface area contributed by atoms with Gasteiger partial charge in [0.25, 0.3) is 5.91 Å². The van der Waals surface area contributed by atoms with Crippen LogP contribution in [-0.2, 0) is 0 Å². The van der Waals surface area contributed by atoms with Crippen molar-refractivity contribution >= 4 is 17.2 Å². The summed E-state index contributed by atoms with van der Waals surface area (Å²) in [6.07, 6.45) is 1.47. The summed E-state index contributed by atoms with van der Waals surface area (Å²) in [5.41, 5.74) is 1.87. The average molecular weight is 248 g/mol. The Morgan fingerprint density at radius 1 is 1.41 bits per heavy atom. The first kappa shape index (κ1) is 11.6. The molecule has 0 aliphatic carbocycles. The Morgan fingerprint density at radius 2 is 2.18 bits per heavy atom. The lowest BCUT2D eigenvalue weighted by Gasteiger charge is -2.12. The van der Waals surface area contributed by atoms with E-state index in [0.29, 0.717) is 11.1 Å². The van der Waals surface area contributed by atoms with Gasteiger partial charge in [0.15, 0.2) is 0 Å². The molecule has 1 N–H and O–H groups in total. The van der Waals surface area contributed by atoms with Crippen LogP contribution in [0.25, 0.3) is 11.1 Å². The number of nitrogens with zero attached hydrogens (tertiary/aromatic N) is 1. The second-order valence-corrected chi connectivity index (χ2v) is 4.62. The van der Waals surface area contributed by atoms with Crippen LogP contribution in [-0.4, -0.2) is 29.9 Å². The van der Waals surface area contributed by atoms with Crippen molar-refractivity contribution in [1.82, 2.24) is 9.88 Å². The number of carbonyl (C=O) groups is 1. The molecule has 4 nitrogen and oxygen atoms in total. The fraction of sp³-hybridized carbons (Fsp3) is 0.167. The van der Waals surface area contributed by atoms with Gasteiger partial charge in [-0.1, -0.05) is 0 Å². The zero-order valence-electron chi connectivity index (χ0n) is 9.56. The molecule has 2 rings (SSSR count). The van der Waals surface area contributed by atoms with E-state index in [4.69, 9.17) is 0 Å². The molecule has 17 heavy (non-hydrogen) atoms. The molecule has 88 valence electrons. The molecule has 0 bridgehead atoms. The van der Waals surface area contributed by atoms with E-state index in [1.807, 2.05) is 16.8 Å². The number of pyridine rings is 1. The standard InChI is InChI=1S/C12H12N2O2S/c1-14(2)12(16)10-6-13-11(15)5-9(10)8-3-4-17-7-8/h3-7H,1-2H3,(H,13,15). The number of carbonyl (C=O) groups excluding carboxylic acids is 1. The monoisotopic (exact) mass is 248 g/mol. The Bertz CT molecular complexity index is 585. The van der Waals surface area contributed by atoms with Crippen LogP contribution in [0.15, 0.2) is 33.9 Å². The van der Waals surface area contributed by atoms with Gasteiger partial charge < -0.3 is 9.88 Å². The normalized spacial score (nSPS) is 10.2. The SMILES string of the molecule is CN(C)C(=O)c1c[nH]c(=O)cc1-c1ccsc1. The molecule has 0 unspecified atom stereocenters. The molecule has 0 fully saturated rings. The molecule has 5 heteroatoms. The van der Waals surface area contributed by atoms with Gasteiger partial charge in [-0.05, 0) is 22.4 Å². The Kier molecular flexibility index (Phi) is 3.10. The quantitative estimate of drug-likeness (QED) is 0.881. The molecule has 0 aliphatic rings. The topological polar surface area (TPSA) is 53.2 Å². The molecule has 0 saturated heterocycles. The number of H-pyrrole nitrogens is 1. The fourth-order valence-corrected chi connectivity index (χ4v) is 2.20. The van der Waals surface area contributed by atoms with E-state index in [9.17, 15) is 9.59 Å². The molecular weight excluding hydrogens is 236 g/mol. The lowest BCUT2D eigenvalue weighted by molar-refractivity contribution is 0.0828. The van der Waals surface area contributed by atoms with Gasteiger partial charge in [-0.2, -0.15) is 11.3 Å². The van der Waals surface area contributed by atoms with Gasteiger partial charge in [-0.25, -0.2) is 0 Å². The third kappa shape index (κ3) is 2.29. The third-order valence-electron chi connectivity index (χ3n) is 2.39. The van der Waals surface area contributed by atoms with Crippen LogP contribution in [0.4, 0.5) is 0 Å². The predicted molar refractivity (Wildman–Crippen MR) is 68.4 cm³/mol. The molecule has 2 aromatic heterocycles. The maximum absolute atomic E-state index is 12.0. The molecule has 0 radical (unpaired) electrons. The second-order valence-electron chi connectivity index (χ2n) is 3.84. The lowest BCUT2D eigenvalue weighted by atomic mass is 10.0. The first-order valence-corrected chi connectivity index (χ1v) is 6.01. The van der Waals surface area contributed by atoms with Gasteiger partial charge in [-0.3, -0.25) is 9.59 Å². The number of hydrogen-bond donors (Lipinski definition) is 1. The third-order valence-corrected chi connectivity index (χ3v) is 3.08. The van der Waals surface area contributed by atoms with E-state index >= 15 is 0 Å². The molecule has 0 aromatic carbocycles. The van der Waals surface area contributed by atoms with Crippen molar-refractivity contribution in [2.45, 2.75) is 0 Å². The van der Waals surface area contributed by atoms with E-state index in [0.717, 1.165) is 5.56 Å². The highest BCUT2D eigenvalue weighted by molar-refractivity contribution is 7.08. The first-order valence-electron chi connectivity index (χ1n) is 5.06. The Labute approximate surface area is 103 Å². The van der Waals surface area contributed by atoms with E-state index in [1.54, 1.807) is 14.1 Å². The molecule has 1 amide bonds. The summed E-state index contributed by atoms with van der Waals surface area (Å²) < 4.78 is 0. The van der Waals surface area contributed by atoms with Crippen LogP contribution in [0, 0.1) is 0 Å². The van der Waals surface area contributed by atoms with Crippen LogP contribution in [0.2, 0.25) is 0 Å². The van der Waals surface area contributed by atoms with Gasteiger partial charge in [0.05, 0.1) is 5.56 Å². The summed E-state index contributed by atoms with van der Waals surface area (Å²) >= 11 is 1.53. The van der Waals surface area contributed by atoms with Crippen LogP contribution in [0.1, 0.15) is 10.4 Å². The molecule has 0 aliphatic heterocycles. The number of amides is 1. The number of hydrogen-bond acceptors (Lipinski definition) is 3. The molecular formula is C12H12N2O2S. The van der Waals surface area contributed by atoms with Crippen LogP contribution < -0.4 is 5.56 Å². The Balaban J connectivity index is 2.61. The number of nitrogens with one attached hydrogen (secondary N) is 1. The van der Waals surface area contributed by atoms with Gasteiger partial charge in [0, 0.05) is 31.9 Å². The molecule has 2 aromatic rings. The Morgan fingerprint density at radius 3 is 2.76 bits per heavy atom. The number of rotatable bonds is 2. The van der Waals surface area contributed by atoms with Crippen LogP contribution >= 0.6 is 11.3 Å². The van der Waals surface area contributed by atoms with Crippen molar-refractivity contribution in [3.63, 3.8) is 0 Å². The van der Waals surface area contributed by atoms with E-state index in [1.165, 1.54) is 28.5 Å². The highest BCUT2D eigenvalue weighted by Crippen LogP contribution is 2.24.